The molecular formula is C19H24O4. The van der Waals surface area contributed by atoms with Gasteiger partial charge in [0.15, 0.2) is 0 Å². The van der Waals surface area contributed by atoms with E-state index in [2.05, 4.69) is 13.5 Å². The van der Waals surface area contributed by atoms with E-state index < -0.39 is 5.97 Å². The van der Waals surface area contributed by atoms with E-state index >= 15 is 0 Å². The zero-order valence-electron chi connectivity index (χ0n) is 13.6. The number of rotatable bonds is 6. The van der Waals surface area contributed by atoms with E-state index in [9.17, 15) is 9.59 Å². The summed E-state index contributed by atoms with van der Waals surface area (Å²) in [6.07, 6.45) is 7.63. The van der Waals surface area contributed by atoms with Gasteiger partial charge in [-0.25, -0.2) is 4.79 Å². The van der Waals surface area contributed by atoms with Crippen molar-refractivity contribution in [1.29, 1.82) is 0 Å². The third-order valence-corrected chi connectivity index (χ3v) is 4.30. The highest BCUT2D eigenvalue weighted by Crippen LogP contribution is 2.32. The molecule has 0 aromatic heterocycles. The van der Waals surface area contributed by atoms with Crippen molar-refractivity contribution in [2.45, 2.75) is 45.4 Å². The van der Waals surface area contributed by atoms with Gasteiger partial charge in [0.1, 0.15) is 11.5 Å². The zero-order chi connectivity index (χ0) is 16.7. The van der Waals surface area contributed by atoms with Gasteiger partial charge in [0.05, 0.1) is 5.92 Å². The highest BCUT2D eigenvalue weighted by molar-refractivity contribution is 5.83. The maximum Gasteiger partial charge on any atom is 0.335 e. The van der Waals surface area contributed by atoms with E-state index in [-0.39, 0.29) is 11.9 Å². The number of hydrogen-bond donors (Lipinski definition) is 0. The highest BCUT2D eigenvalue weighted by Gasteiger charge is 2.27. The van der Waals surface area contributed by atoms with E-state index in [0.717, 1.165) is 37.7 Å². The van der Waals surface area contributed by atoms with Crippen LogP contribution >= 0.6 is 0 Å². The van der Waals surface area contributed by atoms with Gasteiger partial charge in [-0.3, -0.25) is 4.79 Å². The van der Waals surface area contributed by atoms with Crippen LogP contribution in [0.15, 0.2) is 36.9 Å². The summed E-state index contributed by atoms with van der Waals surface area (Å²) in [5.74, 6) is 0.970. The summed E-state index contributed by atoms with van der Waals surface area (Å²) < 4.78 is 10.4. The minimum atomic E-state index is -0.515. The molecule has 0 N–H and O–H groups in total. The van der Waals surface area contributed by atoms with Crippen molar-refractivity contribution >= 4 is 11.9 Å². The Morgan fingerprint density at radius 2 is 1.65 bits per heavy atom. The molecule has 0 aliphatic heterocycles. The molecular weight excluding hydrogens is 292 g/mol. The topological polar surface area (TPSA) is 52.6 Å². The quantitative estimate of drug-likeness (QED) is 0.446. The second-order valence-electron chi connectivity index (χ2n) is 6.02. The fraction of sp³-hybridized carbons (Fsp3) is 0.474. The Morgan fingerprint density at radius 1 is 1.09 bits per heavy atom. The van der Waals surface area contributed by atoms with E-state index in [1.54, 1.807) is 24.3 Å². The second-order valence-corrected chi connectivity index (χ2v) is 6.02. The summed E-state index contributed by atoms with van der Waals surface area (Å²) in [7, 11) is 0. The van der Waals surface area contributed by atoms with Crippen LogP contribution in [0.2, 0.25) is 0 Å². The van der Waals surface area contributed by atoms with E-state index in [1.165, 1.54) is 12.8 Å². The van der Waals surface area contributed by atoms with Gasteiger partial charge in [-0.1, -0.05) is 26.3 Å². The van der Waals surface area contributed by atoms with Gasteiger partial charge in [-0.15, -0.1) is 0 Å². The van der Waals surface area contributed by atoms with Gasteiger partial charge >= 0.3 is 11.9 Å². The van der Waals surface area contributed by atoms with Crippen molar-refractivity contribution in [3.63, 3.8) is 0 Å². The molecule has 0 bridgehead atoms. The summed E-state index contributed by atoms with van der Waals surface area (Å²) in [6.45, 7) is 5.54. The number of carbonyl (C=O) groups excluding carboxylic acids is 2. The predicted octanol–water partition coefficient (Wildman–Crippen LogP) is 4.29. The second kappa shape index (κ2) is 8.51. The molecule has 1 fully saturated rings. The molecule has 1 aromatic rings. The molecule has 1 aromatic carbocycles. The van der Waals surface area contributed by atoms with Crippen LogP contribution in [0.1, 0.15) is 45.4 Å². The molecule has 0 heterocycles. The maximum absolute atomic E-state index is 12.2. The molecule has 0 atom stereocenters. The first-order valence-electron chi connectivity index (χ1n) is 8.28. The van der Waals surface area contributed by atoms with Crippen molar-refractivity contribution in [3.05, 3.63) is 36.9 Å². The number of carbonyl (C=O) groups is 2. The molecule has 4 heteroatoms. The lowest BCUT2D eigenvalue weighted by atomic mass is 9.80. The molecule has 0 amide bonds. The molecule has 1 aliphatic carbocycles. The van der Waals surface area contributed by atoms with E-state index in [1.807, 2.05) is 0 Å². The molecule has 2 rings (SSSR count). The predicted molar refractivity (Wildman–Crippen MR) is 88.3 cm³/mol. The van der Waals surface area contributed by atoms with Crippen molar-refractivity contribution < 1.29 is 19.1 Å². The summed E-state index contributed by atoms with van der Waals surface area (Å²) in [4.78, 5) is 23.3. The normalized spacial score (nSPS) is 20.6. The lowest BCUT2D eigenvalue weighted by Gasteiger charge is -2.26. The lowest BCUT2D eigenvalue weighted by molar-refractivity contribution is -0.140. The Hall–Kier alpha value is -2.10. The van der Waals surface area contributed by atoms with Crippen LogP contribution in [-0.2, 0) is 9.59 Å². The van der Waals surface area contributed by atoms with Crippen LogP contribution in [0.5, 0.6) is 11.5 Å². The molecule has 0 spiro atoms. The van der Waals surface area contributed by atoms with Crippen molar-refractivity contribution in [1.82, 2.24) is 0 Å². The Kier molecular flexibility index (Phi) is 6.39. The third kappa shape index (κ3) is 5.23. The summed E-state index contributed by atoms with van der Waals surface area (Å²) in [5.41, 5.74) is 0. The molecule has 0 radical (unpaired) electrons. The minimum absolute atomic E-state index is 0.00127. The first kappa shape index (κ1) is 17.3. The third-order valence-electron chi connectivity index (χ3n) is 4.30. The molecule has 23 heavy (non-hydrogen) atoms. The van der Waals surface area contributed by atoms with Gasteiger partial charge in [-0.05, 0) is 55.9 Å². The Bertz CT molecular complexity index is 539. The van der Waals surface area contributed by atoms with Gasteiger partial charge in [0.2, 0.25) is 0 Å². The zero-order valence-corrected chi connectivity index (χ0v) is 13.6. The summed E-state index contributed by atoms with van der Waals surface area (Å²) in [5, 5.41) is 0. The number of ether oxygens (including phenoxy) is 2. The van der Waals surface area contributed by atoms with E-state index in [4.69, 9.17) is 9.47 Å². The number of hydrogen-bond acceptors (Lipinski definition) is 4. The monoisotopic (exact) mass is 316 g/mol. The summed E-state index contributed by atoms with van der Waals surface area (Å²) >= 11 is 0. The fourth-order valence-electron chi connectivity index (χ4n) is 3.03. The Balaban J connectivity index is 1.83. The van der Waals surface area contributed by atoms with Gasteiger partial charge in [0.25, 0.3) is 0 Å². The van der Waals surface area contributed by atoms with E-state index in [0.29, 0.717) is 11.5 Å². The van der Waals surface area contributed by atoms with Crippen LogP contribution in [0.4, 0.5) is 0 Å². The van der Waals surface area contributed by atoms with Crippen LogP contribution < -0.4 is 9.47 Å². The van der Waals surface area contributed by atoms with Gasteiger partial charge < -0.3 is 9.47 Å². The minimum Gasteiger partial charge on any atom is -0.426 e. The SMILES string of the molecule is C=CC(=O)Oc1ccc(OC(=O)[C@H]2CC[C@H](CCC)CC2)cc1. The molecule has 4 nitrogen and oxygen atoms in total. The van der Waals surface area contributed by atoms with Crippen LogP contribution in [0, 0.1) is 11.8 Å². The number of benzene rings is 1. The molecule has 1 aliphatic rings. The lowest BCUT2D eigenvalue weighted by Crippen LogP contribution is -2.25. The standard InChI is InChI=1S/C19H24O4/c1-3-5-14-6-8-15(9-7-14)19(21)23-17-12-10-16(11-13-17)22-18(20)4-2/h4,10-15H,2-3,5-9H2,1H3/t14-,15-. The molecule has 0 unspecified atom stereocenters. The smallest absolute Gasteiger partial charge is 0.335 e. The van der Waals surface area contributed by atoms with Crippen molar-refractivity contribution in [2.75, 3.05) is 0 Å². The molecule has 1 saturated carbocycles. The summed E-state index contributed by atoms with van der Waals surface area (Å²) in [6, 6.07) is 6.46. The maximum atomic E-state index is 12.2. The fourth-order valence-corrected chi connectivity index (χ4v) is 3.03. The number of esters is 2. The van der Waals surface area contributed by atoms with Gasteiger partial charge in [-0.2, -0.15) is 0 Å². The van der Waals surface area contributed by atoms with Crippen LogP contribution in [-0.4, -0.2) is 11.9 Å². The van der Waals surface area contributed by atoms with Gasteiger partial charge in [0, 0.05) is 6.08 Å². The highest BCUT2D eigenvalue weighted by atomic mass is 16.5. The Morgan fingerprint density at radius 3 is 2.17 bits per heavy atom. The average molecular weight is 316 g/mol. The first-order valence-corrected chi connectivity index (χ1v) is 8.28. The van der Waals surface area contributed by atoms with Crippen molar-refractivity contribution in [2.24, 2.45) is 11.8 Å². The first-order chi connectivity index (χ1) is 11.1. The van der Waals surface area contributed by atoms with Crippen LogP contribution in [0.25, 0.3) is 0 Å². The molecule has 124 valence electrons. The average Bonchev–Trinajstić information content (AvgIpc) is 2.57. The molecule has 0 saturated heterocycles. The van der Waals surface area contributed by atoms with Crippen LogP contribution in [0.3, 0.4) is 0 Å². The Labute approximate surface area is 137 Å². The largest absolute Gasteiger partial charge is 0.426 e. The van der Waals surface area contributed by atoms with Crippen molar-refractivity contribution in [3.8, 4) is 11.5 Å².